The van der Waals surface area contributed by atoms with Crippen LogP contribution in [0.25, 0.3) is 0 Å². The number of aliphatic hydroxyl groups excluding tert-OH is 7. The molecule has 378 valence electrons. The average molecular weight is 1110 g/mol. The molecular formula is C34H45NNa5O29S2-. The molecule has 71 heavy (non-hydrogen) atoms. The number of rotatable bonds is 16. The Kier molecular flexibility index (Phi) is 44.3. The van der Waals surface area contributed by atoms with Crippen molar-refractivity contribution in [1.29, 1.82) is 4.78 Å². The Morgan fingerprint density at radius 1 is 0.732 bits per heavy atom. The first-order chi connectivity index (χ1) is 30.9. The Morgan fingerprint density at radius 2 is 1.27 bits per heavy atom. The summed E-state index contributed by atoms with van der Waals surface area (Å²) < 4.78 is 117. The number of ether oxygens (including phenoxy) is 9. The van der Waals surface area contributed by atoms with Crippen molar-refractivity contribution in [1.82, 2.24) is 0 Å². The van der Waals surface area contributed by atoms with Crippen molar-refractivity contribution in [3.05, 3.63) is 55.5 Å². The molecule has 4 saturated heterocycles. The third-order valence-electron chi connectivity index (χ3n) is 9.05. The van der Waals surface area contributed by atoms with Gasteiger partial charge in [0.2, 0.25) is 10.4 Å². The topological polar surface area (TPSA) is 484 Å². The van der Waals surface area contributed by atoms with Gasteiger partial charge in [0.25, 0.3) is 0 Å². The fourth-order valence-corrected chi connectivity index (χ4v) is 6.37. The summed E-state index contributed by atoms with van der Waals surface area (Å²) in [6.45, 7) is 0.764. The van der Waals surface area contributed by atoms with E-state index in [4.69, 9.17) is 79.9 Å². The standard InChI is InChI=1S/C32H45O22S.2CO2.H3NO3S.5Na/c1-14-23(37)24(38)19(12-49-55(42,43)44)53-30(14)52-18-10-47-32(26(40)25(18)39)54-28-16(34)7-22(50-17(28)8-33)51-20-11-46-31(48-13-21(35)36)27(41)29(20)45-9-15-5-3-2-4-6-15;2*2-1-3;1-5(2,3)4;;;;;/h2-7,10-11,14,16-20,22-34,37-41H,8-9,12-13H2,1H3,(H,35,36)(H,42,43,44);;;(H3,1,2,3,4);;;;;/q-3;;;;5*+1/p-3/t14?,16-,17?,18-,19?,20-,22-,23-,24-,25-,26?,27?,28+,29-,30-,31+,32+;;;;;;;;/m1......../s1. The number of aliphatic hydroxyl groups is 7. The van der Waals surface area contributed by atoms with E-state index in [-0.39, 0.29) is 167 Å². The molecule has 30 nitrogen and oxygen atoms in total. The second kappa shape index (κ2) is 39.8. The fourth-order valence-electron chi connectivity index (χ4n) is 6.07. The molecule has 4 heterocycles. The summed E-state index contributed by atoms with van der Waals surface area (Å²) in [4.78, 5) is 43.4. The first kappa shape index (κ1) is 79.0. The van der Waals surface area contributed by atoms with Gasteiger partial charge in [0, 0.05) is 12.2 Å². The zero-order valence-corrected chi connectivity index (χ0v) is 50.4. The van der Waals surface area contributed by atoms with E-state index in [0.29, 0.717) is 0 Å². The van der Waals surface area contributed by atoms with E-state index in [1.807, 2.05) is 0 Å². The predicted molar refractivity (Wildman–Crippen MR) is 193 cm³/mol. The monoisotopic (exact) mass is 1110 g/mol. The maximum Gasteiger partial charge on any atom is 1.00 e. The van der Waals surface area contributed by atoms with Crippen LogP contribution in [0.2, 0.25) is 0 Å². The van der Waals surface area contributed by atoms with Crippen molar-refractivity contribution in [2.45, 2.75) is 112 Å². The summed E-state index contributed by atoms with van der Waals surface area (Å²) in [6.07, 6.45) is -22.6. The quantitative estimate of drug-likeness (QED) is 0.0321. The average Bonchev–Trinajstić information content (AvgIpc) is 3.23. The minimum absolute atomic E-state index is 0. The van der Waals surface area contributed by atoms with Gasteiger partial charge in [-0.3, -0.25) is 4.18 Å². The van der Waals surface area contributed by atoms with Crippen molar-refractivity contribution >= 4 is 39.0 Å². The summed E-state index contributed by atoms with van der Waals surface area (Å²) in [6, 6.07) is 8.85. The van der Waals surface area contributed by atoms with Gasteiger partial charge in [0.15, 0.2) is 18.9 Å². The van der Waals surface area contributed by atoms with E-state index in [0.717, 1.165) is 25.2 Å². The van der Waals surface area contributed by atoms with Crippen molar-refractivity contribution < 1.29 is 286 Å². The molecule has 18 atom stereocenters. The van der Waals surface area contributed by atoms with Gasteiger partial charge in [0.1, 0.15) is 30.5 Å². The summed E-state index contributed by atoms with van der Waals surface area (Å²) in [5.41, 5.74) is 0.724. The van der Waals surface area contributed by atoms with Crippen molar-refractivity contribution in [2.24, 2.45) is 5.92 Å². The number of hydrogen-bond acceptors (Lipinski definition) is 29. The van der Waals surface area contributed by atoms with E-state index in [9.17, 15) is 58.6 Å². The molecule has 37 heteroatoms. The summed E-state index contributed by atoms with van der Waals surface area (Å²) >= 11 is 0. The molecule has 1 aromatic carbocycles. The predicted octanol–water partition coefficient (Wildman–Crippen LogP) is -22.1. The summed E-state index contributed by atoms with van der Waals surface area (Å²) in [7, 11) is -9.58. The number of carbonyl (C=O) groups excluding carboxylic acids is 5. The van der Waals surface area contributed by atoms with Gasteiger partial charge in [0.05, 0.1) is 67.1 Å². The molecule has 6 unspecified atom stereocenters. The summed E-state index contributed by atoms with van der Waals surface area (Å²) in [5.74, 6) is -2.54. The van der Waals surface area contributed by atoms with E-state index in [2.05, 4.69) is 4.18 Å². The third-order valence-corrected chi connectivity index (χ3v) is 9.48. The van der Waals surface area contributed by atoms with Crippen LogP contribution in [0.1, 0.15) is 12.5 Å². The minimum atomic E-state index is -5.17. The second-order valence-corrected chi connectivity index (χ2v) is 15.6. The van der Waals surface area contributed by atoms with Crippen molar-refractivity contribution in [2.75, 3.05) is 19.8 Å². The van der Waals surface area contributed by atoms with Gasteiger partial charge in [-0.05, 0) is 23.9 Å². The maximum atomic E-state index is 11.0. The van der Waals surface area contributed by atoms with Crippen molar-refractivity contribution in [3.63, 3.8) is 0 Å². The second-order valence-electron chi connectivity index (χ2n) is 13.6. The molecular weight excluding hydrogens is 1070 g/mol. The Hall–Kier alpha value is 1.55. The van der Waals surface area contributed by atoms with Gasteiger partial charge in [-0.25, -0.2) is 23.8 Å². The molecule has 0 radical (unpaired) electrons. The number of nitrogens with one attached hydrogen (secondary N) is 1. The zero-order chi connectivity index (χ0) is 49.9. The van der Waals surface area contributed by atoms with Crippen LogP contribution in [0.15, 0.2) is 30.3 Å². The number of carboxylic acids is 1. The molecule has 0 amide bonds. The van der Waals surface area contributed by atoms with Crippen LogP contribution in [-0.4, -0.2) is 199 Å². The van der Waals surface area contributed by atoms with Crippen LogP contribution in [-0.2, 0) is 98.1 Å². The van der Waals surface area contributed by atoms with Gasteiger partial charge < -0.3 is 102 Å². The largest absolute Gasteiger partial charge is 1.00 e. The Morgan fingerprint density at radius 3 is 1.79 bits per heavy atom. The van der Waals surface area contributed by atoms with Gasteiger partial charge in [-0.2, -0.15) is 32.4 Å². The molecule has 9 N–H and O–H groups in total. The van der Waals surface area contributed by atoms with Crippen LogP contribution in [0.4, 0.5) is 0 Å². The molecule has 0 aromatic heterocycles. The number of hydrogen-bond donors (Lipinski definition) is 9. The smallest absolute Gasteiger partial charge is 0.743 e. The Labute approximate surface area is 516 Å². The number of carboxylic acid groups (broad SMARTS) is 1. The summed E-state index contributed by atoms with van der Waals surface area (Å²) in [5, 5.41) is 85.5. The normalized spacial score (nSPS) is 33.9. The first-order valence-corrected chi connectivity index (χ1v) is 21.2. The first-order valence-electron chi connectivity index (χ1n) is 18.5. The molecule has 4 fully saturated rings. The van der Waals surface area contributed by atoms with E-state index in [1.165, 1.54) is 6.92 Å². The Bertz CT molecular complexity index is 1890. The molecule has 4 aliphatic heterocycles. The Balaban J connectivity index is -0.00000128. The van der Waals surface area contributed by atoms with E-state index in [1.54, 1.807) is 30.3 Å². The van der Waals surface area contributed by atoms with Gasteiger partial charge >= 0.3 is 160 Å². The van der Waals surface area contributed by atoms with Crippen LogP contribution < -0.4 is 153 Å². The van der Waals surface area contributed by atoms with Crippen LogP contribution in [0.5, 0.6) is 0 Å². The maximum absolute atomic E-state index is 11.0. The van der Waals surface area contributed by atoms with Crippen molar-refractivity contribution in [3.8, 4) is 0 Å². The molecule has 0 spiro atoms. The number of benzene rings is 1. The van der Waals surface area contributed by atoms with Gasteiger partial charge in [-0.1, -0.05) is 37.3 Å². The number of carbonyl (C=O) groups is 1. The fraction of sp³-hybridized carbons (Fsp3) is 0.647. The van der Waals surface area contributed by atoms with E-state index >= 15 is 0 Å². The zero-order valence-electron chi connectivity index (χ0n) is 38.7. The van der Waals surface area contributed by atoms with Crippen LogP contribution >= 0.6 is 0 Å². The van der Waals surface area contributed by atoms with Crippen LogP contribution in [0, 0.1) is 30.3 Å². The van der Waals surface area contributed by atoms with Gasteiger partial charge in [-0.15, -0.1) is 0 Å². The molecule has 1 aromatic rings. The van der Waals surface area contributed by atoms with E-state index < -0.39 is 151 Å². The SMILES string of the molecule is CC1[C@H](O[C@@H]2[CH-]O[C@@H](O[C@@H]3C(CO)O[C@H](O[C@@H]4[CH-]O[C@@H](OCC(=O)[O-])C(O)[C@@H]4OCc4ccccc4)[CH-][C@H]3O)C(O)[C@@H]2O)OC(COS(=O)(=O)[O-])[C@@H](O)[C@@H]1O.N=S(=O)([O-])O.O=C=O.O=C=O.[Na+].[Na+].[Na+].[Na+].[Na+]. The molecule has 0 bridgehead atoms. The molecule has 4 aliphatic rings. The van der Waals surface area contributed by atoms with Crippen LogP contribution in [0.3, 0.4) is 0 Å². The molecule has 5 rings (SSSR count). The molecule has 0 saturated carbocycles. The molecule has 0 aliphatic carbocycles. The minimum Gasteiger partial charge on any atom is -0.743 e. The number of aliphatic carboxylic acids is 1. The third kappa shape index (κ3) is 28.8.